The molecule has 0 bridgehead atoms. The van der Waals surface area contributed by atoms with Crippen LogP contribution in [0, 0.1) is 0 Å². The Morgan fingerprint density at radius 3 is 2.42 bits per heavy atom. The molecule has 3 rings (SSSR count). The molecular formula is C18H20N4O2. The molecule has 0 radical (unpaired) electrons. The maximum atomic E-state index is 12.0. The topological polar surface area (TPSA) is 61.9 Å². The molecule has 0 aliphatic heterocycles. The Hall–Kier alpha value is -2.89. The zero-order valence-corrected chi connectivity index (χ0v) is 14.2. The SMILES string of the molecule is COc1ccc(-n2nc(C(C)C)nc2-c2ccn(C)c(=O)c2)cc1. The Balaban J connectivity index is 2.16. The smallest absolute Gasteiger partial charge is 0.250 e. The van der Waals surface area contributed by atoms with E-state index in [1.165, 1.54) is 4.57 Å². The number of aromatic nitrogens is 4. The largest absolute Gasteiger partial charge is 0.497 e. The molecule has 6 nitrogen and oxygen atoms in total. The van der Waals surface area contributed by atoms with E-state index in [1.807, 2.05) is 44.2 Å². The first-order valence-corrected chi connectivity index (χ1v) is 7.78. The Labute approximate surface area is 140 Å². The first-order valence-electron chi connectivity index (χ1n) is 7.78. The van der Waals surface area contributed by atoms with Gasteiger partial charge < -0.3 is 9.30 Å². The number of ether oxygens (including phenoxy) is 1. The third kappa shape index (κ3) is 2.95. The number of pyridine rings is 1. The minimum atomic E-state index is -0.0807. The minimum absolute atomic E-state index is 0.0807. The van der Waals surface area contributed by atoms with Crippen LogP contribution in [0.2, 0.25) is 0 Å². The van der Waals surface area contributed by atoms with Gasteiger partial charge in [-0.2, -0.15) is 5.10 Å². The molecule has 0 atom stereocenters. The minimum Gasteiger partial charge on any atom is -0.497 e. The monoisotopic (exact) mass is 324 g/mol. The van der Waals surface area contributed by atoms with Crippen molar-refractivity contribution in [2.45, 2.75) is 19.8 Å². The molecule has 0 unspecified atom stereocenters. The van der Waals surface area contributed by atoms with Gasteiger partial charge in [-0.15, -0.1) is 0 Å². The predicted molar refractivity (Wildman–Crippen MR) is 92.7 cm³/mol. The van der Waals surface area contributed by atoms with Gasteiger partial charge in [0.15, 0.2) is 11.6 Å². The van der Waals surface area contributed by atoms with Crippen LogP contribution in [0.25, 0.3) is 17.1 Å². The number of aryl methyl sites for hydroxylation is 1. The van der Waals surface area contributed by atoms with E-state index < -0.39 is 0 Å². The maximum Gasteiger partial charge on any atom is 0.250 e. The number of rotatable bonds is 4. The van der Waals surface area contributed by atoms with Crippen molar-refractivity contribution in [3.8, 4) is 22.8 Å². The fourth-order valence-electron chi connectivity index (χ4n) is 2.35. The van der Waals surface area contributed by atoms with Gasteiger partial charge in [0, 0.05) is 30.8 Å². The summed E-state index contributed by atoms with van der Waals surface area (Å²) in [5.74, 6) is 2.36. The van der Waals surface area contributed by atoms with Crippen LogP contribution in [0.3, 0.4) is 0 Å². The van der Waals surface area contributed by atoms with Crippen LogP contribution in [-0.4, -0.2) is 26.4 Å². The van der Waals surface area contributed by atoms with E-state index in [4.69, 9.17) is 4.74 Å². The molecule has 0 aliphatic carbocycles. The van der Waals surface area contributed by atoms with Gasteiger partial charge >= 0.3 is 0 Å². The number of hydrogen-bond acceptors (Lipinski definition) is 4. The normalized spacial score (nSPS) is 11.0. The number of benzene rings is 1. The first-order chi connectivity index (χ1) is 11.5. The predicted octanol–water partition coefficient (Wildman–Crippen LogP) is 2.77. The van der Waals surface area contributed by atoms with Crippen molar-refractivity contribution in [3.63, 3.8) is 0 Å². The molecule has 2 aromatic heterocycles. The van der Waals surface area contributed by atoms with Crippen molar-refractivity contribution in [1.29, 1.82) is 0 Å². The second-order valence-corrected chi connectivity index (χ2v) is 5.92. The Morgan fingerprint density at radius 2 is 1.83 bits per heavy atom. The van der Waals surface area contributed by atoms with Crippen LogP contribution < -0.4 is 10.3 Å². The number of nitrogens with zero attached hydrogens (tertiary/aromatic N) is 4. The number of hydrogen-bond donors (Lipinski definition) is 0. The summed E-state index contributed by atoms with van der Waals surface area (Å²) in [4.78, 5) is 16.6. The highest BCUT2D eigenvalue weighted by Gasteiger charge is 2.16. The number of methoxy groups -OCH3 is 1. The molecular weight excluding hydrogens is 304 g/mol. The Morgan fingerprint density at radius 1 is 1.12 bits per heavy atom. The van der Waals surface area contributed by atoms with E-state index in [1.54, 1.807) is 31.1 Å². The lowest BCUT2D eigenvalue weighted by atomic mass is 10.2. The second kappa shape index (κ2) is 6.31. The molecule has 0 aliphatic rings. The molecule has 6 heteroatoms. The summed E-state index contributed by atoms with van der Waals surface area (Å²) in [6, 6.07) is 11.0. The lowest BCUT2D eigenvalue weighted by Gasteiger charge is -2.07. The van der Waals surface area contributed by atoms with Gasteiger partial charge in [0.2, 0.25) is 0 Å². The van der Waals surface area contributed by atoms with E-state index in [-0.39, 0.29) is 11.5 Å². The average Bonchev–Trinajstić information content (AvgIpc) is 3.03. The summed E-state index contributed by atoms with van der Waals surface area (Å²) in [5.41, 5.74) is 1.53. The quantitative estimate of drug-likeness (QED) is 0.740. The molecule has 24 heavy (non-hydrogen) atoms. The summed E-state index contributed by atoms with van der Waals surface area (Å²) in [6.45, 7) is 4.09. The van der Waals surface area contributed by atoms with Gasteiger partial charge in [0.25, 0.3) is 5.56 Å². The van der Waals surface area contributed by atoms with Gasteiger partial charge in [0.05, 0.1) is 12.8 Å². The van der Waals surface area contributed by atoms with Crippen molar-refractivity contribution in [2.24, 2.45) is 7.05 Å². The third-order valence-electron chi connectivity index (χ3n) is 3.82. The molecule has 0 spiro atoms. The fourth-order valence-corrected chi connectivity index (χ4v) is 2.35. The second-order valence-electron chi connectivity index (χ2n) is 5.92. The zero-order chi connectivity index (χ0) is 17.3. The summed E-state index contributed by atoms with van der Waals surface area (Å²) in [5, 5.41) is 4.62. The van der Waals surface area contributed by atoms with Gasteiger partial charge in [-0.25, -0.2) is 9.67 Å². The van der Waals surface area contributed by atoms with Crippen LogP contribution in [0.5, 0.6) is 5.75 Å². The van der Waals surface area contributed by atoms with Gasteiger partial charge in [0.1, 0.15) is 5.75 Å². The van der Waals surface area contributed by atoms with Crippen LogP contribution >= 0.6 is 0 Å². The summed E-state index contributed by atoms with van der Waals surface area (Å²) in [7, 11) is 3.35. The van der Waals surface area contributed by atoms with Crippen molar-refractivity contribution in [2.75, 3.05) is 7.11 Å². The van der Waals surface area contributed by atoms with Crippen molar-refractivity contribution < 1.29 is 4.74 Å². The summed E-state index contributed by atoms with van der Waals surface area (Å²) in [6.07, 6.45) is 1.74. The Bertz CT molecular complexity index is 908. The van der Waals surface area contributed by atoms with E-state index in [0.29, 0.717) is 5.82 Å². The van der Waals surface area contributed by atoms with Crippen LogP contribution in [0.15, 0.2) is 47.4 Å². The van der Waals surface area contributed by atoms with E-state index >= 15 is 0 Å². The highest BCUT2D eigenvalue weighted by Crippen LogP contribution is 2.24. The van der Waals surface area contributed by atoms with Crippen LogP contribution in [0.1, 0.15) is 25.6 Å². The molecule has 0 saturated heterocycles. The van der Waals surface area contributed by atoms with E-state index in [9.17, 15) is 4.79 Å². The van der Waals surface area contributed by atoms with Crippen molar-refractivity contribution in [3.05, 3.63) is 58.8 Å². The van der Waals surface area contributed by atoms with Crippen LogP contribution in [0.4, 0.5) is 0 Å². The third-order valence-corrected chi connectivity index (χ3v) is 3.82. The molecule has 2 heterocycles. The van der Waals surface area contributed by atoms with E-state index in [0.717, 1.165) is 22.8 Å². The van der Waals surface area contributed by atoms with Gasteiger partial charge in [-0.3, -0.25) is 4.79 Å². The van der Waals surface area contributed by atoms with Crippen molar-refractivity contribution >= 4 is 0 Å². The van der Waals surface area contributed by atoms with Crippen LogP contribution in [-0.2, 0) is 7.05 Å². The summed E-state index contributed by atoms with van der Waals surface area (Å²) < 4.78 is 8.50. The van der Waals surface area contributed by atoms with E-state index in [2.05, 4.69) is 10.1 Å². The van der Waals surface area contributed by atoms with Crippen molar-refractivity contribution in [1.82, 2.24) is 19.3 Å². The Kier molecular flexibility index (Phi) is 4.20. The lowest BCUT2D eigenvalue weighted by Crippen LogP contribution is -2.14. The molecule has 1 aromatic carbocycles. The molecule has 124 valence electrons. The van der Waals surface area contributed by atoms with Gasteiger partial charge in [-0.1, -0.05) is 13.8 Å². The fraction of sp³-hybridized carbons (Fsp3) is 0.278. The maximum absolute atomic E-state index is 12.0. The molecule has 0 amide bonds. The highest BCUT2D eigenvalue weighted by atomic mass is 16.5. The average molecular weight is 324 g/mol. The molecule has 0 saturated carbocycles. The highest BCUT2D eigenvalue weighted by molar-refractivity contribution is 5.57. The lowest BCUT2D eigenvalue weighted by molar-refractivity contribution is 0.414. The van der Waals surface area contributed by atoms with Gasteiger partial charge in [-0.05, 0) is 30.3 Å². The first kappa shape index (κ1) is 16.0. The molecule has 0 N–H and O–H groups in total. The zero-order valence-electron chi connectivity index (χ0n) is 14.2. The summed E-state index contributed by atoms with van der Waals surface area (Å²) >= 11 is 0. The molecule has 3 aromatic rings. The standard InChI is InChI=1S/C18H20N4O2/c1-12(2)17-19-18(13-9-10-21(3)16(23)11-13)22(20-17)14-5-7-15(24-4)8-6-14/h5-12H,1-4H3. The molecule has 0 fully saturated rings.